The number of benzene rings is 1. The zero-order chi connectivity index (χ0) is 12.3. The monoisotopic (exact) mass is 250 g/mol. The first kappa shape index (κ1) is 12.1. The second kappa shape index (κ2) is 5.34. The van der Waals surface area contributed by atoms with Crippen LogP contribution in [0.15, 0.2) is 30.5 Å². The van der Waals surface area contributed by atoms with Crippen LogP contribution >= 0.6 is 11.6 Å². The van der Waals surface area contributed by atoms with E-state index in [1.54, 1.807) is 0 Å². The Morgan fingerprint density at radius 3 is 2.65 bits per heavy atom. The van der Waals surface area contributed by atoms with Crippen molar-refractivity contribution >= 4 is 11.6 Å². The molecule has 1 N–H and O–H groups in total. The topological polar surface area (TPSA) is 38.1 Å². The molecule has 0 aliphatic carbocycles. The lowest BCUT2D eigenvalue weighted by Gasteiger charge is -2.05. The van der Waals surface area contributed by atoms with Gasteiger partial charge in [0.2, 0.25) is 0 Å². The highest BCUT2D eigenvalue weighted by atomic mass is 35.5. The van der Waals surface area contributed by atoms with Crippen LogP contribution in [0.3, 0.4) is 0 Å². The summed E-state index contributed by atoms with van der Waals surface area (Å²) < 4.78 is 1.89. The molecule has 17 heavy (non-hydrogen) atoms. The van der Waals surface area contributed by atoms with Gasteiger partial charge < -0.3 is 5.11 Å². The summed E-state index contributed by atoms with van der Waals surface area (Å²) in [5.41, 5.74) is 3.29. The molecule has 0 amide bonds. The lowest BCUT2D eigenvalue weighted by Crippen LogP contribution is -1.99. The van der Waals surface area contributed by atoms with Crippen LogP contribution < -0.4 is 0 Å². The average molecular weight is 251 g/mol. The molecule has 0 fully saturated rings. The van der Waals surface area contributed by atoms with Gasteiger partial charge in [-0.1, -0.05) is 11.6 Å². The minimum Gasteiger partial charge on any atom is -0.396 e. The molecule has 2 aromatic rings. The molecule has 3 nitrogen and oxygen atoms in total. The van der Waals surface area contributed by atoms with E-state index in [1.165, 1.54) is 5.56 Å². The second-order valence-corrected chi connectivity index (χ2v) is 4.41. The molecule has 0 atom stereocenters. The van der Waals surface area contributed by atoms with Crippen LogP contribution in [0.5, 0.6) is 0 Å². The quantitative estimate of drug-likeness (QED) is 0.906. The van der Waals surface area contributed by atoms with Gasteiger partial charge in [-0.15, -0.1) is 0 Å². The zero-order valence-electron chi connectivity index (χ0n) is 9.73. The van der Waals surface area contributed by atoms with Gasteiger partial charge >= 0.3 is 0 Å². The predicted molar refractivity (Wildman–Crippen MR) is 68.7 cm³/mol. The molecule has 0 saturated carbocycles. The maximum absolute atomic E-state index is 8.83. The van der Waals surface area contributed by atoms with Gasteiger partial charge in [0.15, 0.2) is 0 Å². The van der Waals surface area contributed by atoms with Crippen molar-refractivity contribution in [1.29, 1.82) is 0 Å². The number of aliphatic hydroxyl groups is 1. The highest BCUT2D eigenvalue weighted by Crippen LogP contribution is 2.17. The van der Waals surface area contributed by atoms with Crippen LogP contribution in [-0.2, 0) is 6.42 Å². The Morgan fingerprint density at radius 1 is 1.29 bits per heavy atom. The van der Waals surface area contributed by atoms with E-state index in [0.29, 0.717) is 0 Å². The van der Waals surface area contributed by atoms with Crippen LogP contribution in [0.1, 0.15) is 17.7 Å². The van der Waals surface area contributed by atoms with Gasteiger partial charge in [0.25, 0.3) is 0 Å². The van der Waals surface area contributed by atoms with Gasteiger partial charge in [0.05, 0.1) is 11.9 Å². The predicted octanol–water partition coefficient (Wildman–Crippen LogP) is 2.76. The molecule has 0 bridgehead atoms. The van der Waals surface area contributed by atoms with E-state index >= 15 is 0 Å². The van der Waals surface area contributed by atoms with Crippen LogP contribution in [0.2, 0.25) is 5.02 Å². The molecule has 1 heterocycles. The van der Waals surface area contributed by atoms with Crippen LogP contribution in [0.4, 0.5) is 0 Å². The fraction of sp³-hybridized carbons (Fsp3) is 0.308. The number of aliphatic hydroxyl groups excluding tert-OH is 1. The standard InChI is InChI=1S/C13H15ClN2O/c1-10-11(3-2-8-17)9-15-16(10)13-6-4-12(14)5-7-13/h4-7,9,17H,2-3,8H2,1H3. The first-order chi connectivity index (χ1) is 8.22. The number of aromatic nitrogens is 2. The van der Waals surface area contributed by atoms with Gasteiger partial charge in [-0.05, 0) is 49.6 Å². The number of halogens is 1. The largest absolute Gasteiger partial charge is 0.396 e. The summed E-state index contributed by atoms with van der Waals surface area (Å²) in [6.45, 7) is 2.25. The van der Waals surface area contributed by atoms with Crippen LogP contribution in [0.25, 0.3) is 5.69 Å². The molecular weight excluding hydrogens is 236 g/mol. The molecule has 0 unspecified atom stereocenters. The summed E-state index contributed by atoms with van der Waals surface area (Å²) in [4.78, 5) is 0. The average Bonchev–Trinajstić information content (AvgIpc) is 2.69. The van der Waals surface area contributed by atoms with Gasteiger partial charge in [0, 0.05) is 17.3 Å². The normalized spacial score (nSPS) is 10.8. The number of nitrogens with zero attached hydrogens (tertiary/aromatic N) is 2. The van der Waals surface area contributed by atoms with Crippen molar-refractivity contribution in [3.63, 3.8) is 0 Å². The summed E-state index contributed by atoms with van der Waals surface area (Å²) in [5, 5.41) is 13.9. The van der Waals surface area contributed by atoms with Gasteiger partial charge in [0.1, 0.15) is 0 Å². The summed E-state index contributed by atoms with van der Waals surface area (Å²) in [7, 11) is 0. The van der Waals surface area contributed by atoms with E-state index in [9.17, 15) is 0 Å². The molecule has 0 saturated heterocycles. The van der Waals surface area contributed by atoms with Crippen molar-refractivity contribution in [1.82, 2.24) is 9.78 Å². The van der Waals surface area contributed by atoms with Crippen molar-refractivity contribution in [3.05, 3.63) is 46.7 Å². The molecule has 1 aromatic carbocycles. The Hall–Kier alpha value is -1.32. The summed E-state index contributed by atoms with van der Waals surface area (Å²) in [6, 6.07) is 7.59. The third-order valence-corrected chi connectivity index (χ3v) is 3.04. The van der Waals surface area contributed by atoms with Gasteiger partial charge in [-0.3, -0.25) is 0 Å². The third-order valence-electron chi connectivity index (χ3n) is 2.79. The Bertz CT molecular complexity index is 491. The van der Waals surface area contributed by atoms with Gasteiger partial charge in [-0.2, -0.15) is 5.10 Å². The van der Waals surface area contributed by atoms with E-state index < -0.39 is 0 Å². The SMILES string of the molecule is Cc1c(CCCO)cnn1-c1ccc(Cl)cc1. The van der Waals surface area contributed by atoms with E-state index in [2.05, 4.69) is 5.10 Å². The number of aryl methyl sites for hydroxylation is 1. The molecule has 0 spiro atoms. The lowest BCUT2D eigenvalue weighted by molar-refractivity contribution is 0.288. The maximum atomic E-state index is 8.83. The summed E-state index contributed by atoms with van der Waals surface area (Å²) in [6.07, 6.45) is 3.49. The Morgan fingerprint density at radius 2 is 2.00 bits per heavy atom. The number of hydrogen-bond acceptors (Lipinski definition) is 2. The summed E-state index contributed by atoms with van der Waals surface area (Å²) >= 11 is 5.86. The fourth-order valence-corrected chi connectivity index (χ4v) is 1.93. The van der Waals surface area contributed by atoms with E-state index in [1.807, 2.05) is 42.1 Å². The minimum atomic E-state index is 0.214. The van der Waals surface area contributed by atoms with Crippen LogP contribution in [-0.4, -0.2) is 21.5 Å². The Labute approximate surface area is 106 Å². The van der Waals surface area contributed by atoms with Crippen LogP contribution in [0, 0.1) is 6.92 Å². The van der Waals surface area contributed by atoms with Crippen molar-refractivity contribution in [2.24, 2.45) is 0 Å². The lowest BCUT2D eigenvalue weighted by atomic mass is 10.1. The molecule has 0 radical (unpaired) electrons. The van der Waals surface area contributed by atoms with E-state index in [-0.39, 0.29) is 6.61 Å². The smallest absolute Gasteiger partial charge is 0.0649 e. The highest BCUT2D eigenvalue weighted by molar-refractivity contribution is 6.30. The zero-order valence-corrected chi connectivity index (χ0v) is 10.5. The first-order valence-electron chi connectivity index (χ1n) is 5.62. The molecule has 1 aromatic heterocycles. The van der Waals surface area contributed by atoms with Gasteiger partial charge in [-0.25, -0.2) is 4.68 Å². The number of hydrogen-bond donors (Lipinski definition) is 1. The molecular formula is C13H15ClN2O. The van der Waals surface area contributed by atoms with E-state index in [0.717, 1.165) is 29.2 Å². The molecule has 0 aliphatic heterocycles. The van der Waals surface area contributed by atoms with Crippen molar-refractivity contribution in [3.8, 4) is 5.69 Å². The van der Waals surface area contributed by atoms with Crippen molar-refractivity contribution in [2.45, 2.75) is 19.8 Å². The number of rotatable bonds is 4. The fourth-order valence-electron chi connectivity index (χ4n) is 1.80. The highest BCUT2D eigenvalue weighted by Gasteiger charge is 2.07. The molecule has 90 valence electrons. The Balaban J connectivity index is 2.27. The molecule has 0 aliphatic rings. The third kappa shape index (κ3) is 2.68. The van der Waals surface area contributed by atoms with E-state index in [4.69, 9.17) is 16.7 Å². The Kier molecular flexibility index (Phi) is 3.82. The van der Waals surface area contributed by atoms with Crippen molar-refractivity contribution in [2.75, 3.05) is 6.61 Å². The van der Waals surface area contributed by atoms with Crippen molar-refractivity contribution < 1.29 is 5.11 Å². The maximum Gasteiger partial charge on any atom is 0.0649 e. The molecule has 4 heteroatoms. The summed E-state index contributed by atoms with van der Waals surface area (Å²) in [5.74, 6) is 0. The minimum absolute atomic E-state index is 0.214. The molecule has 2 rings (SSSR count). The second-order valence-electron chi connectivity index (χ2n) is 3.97. The first-order valence-corrected chi connectivity index (χ1v) is 6.00.